The lowest BCUT2D eigenvalue weighted by Gasteiger charge is -2.34. The van der Waals surface area contributed by atoms with Crippen LogP contribution < -0.4 is 0 Å². The molecule has 2 aliphatic carbocycles. The lowest BCUT2D eigenvalue weighted by atomic mass is 9.66. The molecular weight excluding hydrogens is 1390 g/mol. The Morgan fingerprint density at radius 1 is 0.219 bits per heavy atom. The molecule has 2 atom stereocenters. The monoisotopic (exact) mass is 1450 g/mol. The number of hydrogen-bond acceptors (Lipinski definition) is 7. The van der Waals surface area contributed by atoms with Gasteiger partial charge in [-0.25, -0.2) is 29.9 Å². The van der Waals surface area contributed by atoms with Gasteiger partial charge in [0.2, 0.25) is 0 Å². The first-order chi connectivity index (χ1) is 56.5. The van der Waals surface area contributed by atoms with Gasteiger partial charge in [-0.15, -0.1) is 0 Å². The zero-order valence-corrected chi connectivity index (χ0v) is 61.7. The highest BCUT2D eigenvalue weighted by molar-refractivity contribution is 6.16. The van der Waals surface area contributed by atoms with Crippen molar-refractivity contribution < 1.29 is 4.42 Å². The second kappa shape index (κ2) is 26.9. The van der Waals surface area contributed by atoms with E-state index in [1.807, 2.05) is 109 Å². The molecule has 21 aromatic rings. The van der Waals surface area contributed by atoms with E-state index in [-0.39, 0.29) is 0 Å². The number of nitrogens with zero attached hydrogens (tertiary/aromatic N) is 7. The first-order valence-corrected chi connectivity index (χ1v) is 38.7. The van der Waals surface area contributed by atoms with E-state index in [9.17, 15) is 0 Å². The van der Waals surface area contributed by atoms with E-state index in [1.54, 1.807) is 0 Å². The molecule has 0 spiro atoms. The van der Waals surface area contributed by atoms with Crippen LogP contribution in [0.3, 0.4) is 0 Å². The molecule has 4 aromatic heterocycles. The van der Waals surface area contributed by atoms with E-state index in [4.69, 9.17) is 34.3 Å². The van der Waals surface area contributed by atoms with Crippen LogP contribution >= 0.6 is 0 Å². The highest BCUT2D eigenvalue weighted by Gasteiger charge is 2.49. The van der Waals surface area contributed by atoms with Crippen LogP contribution in [-0.2, 0) is 10.8 Å². The Morgan fingerprint density at radius 2 is 0.684 bits per heavy atom. The third-order valence-electron chi connectivity index (χ3n) is 23.3. The summed E-state index contributed by atoms with van der Waals surface area (Å²) in [6, 6.07) is 145. The Kier molecular flexibility index (Phi) is 15.5. The largest absolute Gasteiger partial charge is 0.456 e. The highest BCUT2D eigenvalue weighted by Crippen LogP contribution is 2.60. The fourth-order valence-electron chi connectivity index (χ4n) is 18.3. The fraction of sp³-hybridized carbons (Fsp3) is 0.0189. The van der Waals surface area contributed by atoms with Crippen molar-refractivity contribution in [2.24, 2.45) is 0 Å². The SMILES string of the molecule is c1ccc(-c2nc(-c3ccccc3)nc(-c3ccc4oc5cc(C6(c7ccccc7)c7ccccc7-c7ccc8ccccc8c76)ccc5c4c3)n2)cc1.c1ccc(-c2nc(-c3ccccc3)nc(-c3cccc4c3c3cc(C5(c6ccccc6)c6ccccc6-c6cc7ccccc7cc65)ccc3n4-c3ccccc3)n2)cc1. The Labute approximate surface area is 658 Å². The molecule has 8 nitrogen and oxygen atoms in total. The average molecular weight is 1450 g/mol. The normalized spacial score (nSPS) is 14.6. The molecule has 532 valence electrons. The van der Waals surface area contributed by atoms with Gasteiger partial charge in [0, 0.05) is 60.6 Å². The third-order valence-corrected chi connectivity index (χ3v) is 23.3. The van der Waals surface area contributed by atoms with Gasteiger partial charge in [-0.1, -0.05) is 340 Å². The summed E-state index contributed by atoms with van der Waals surface area (Å²) < 4.78 is 9.10. The quantitative estimate of drug-likeness (QED) is 0.127. The molecule has 2 aliphatic rings. The molecule has 8 heteroatoms. The molecule has 114 heavy (non-hydrogen) atoms. The molecule has 0 radical (unpaired) electrons. The predicted molar refractivity (Wildman–Crippen MR) is 464 cm³/mol. The molecule has 17 aromatic carbocycles. The van der Waals surface area contributed by atoms with E-state index in [0.29, 0.717) is 34.9 Å². The van der Waals surface area contributed by atoms with E-state index in [2.05, 4.69) is 302 Å². The molecule has 0 fully saturated rings. The minimum Gasteiger partial charge on any atom is -0.456 e. The van der Waals surface area contributed by atoms with E-state index >= 15 is 0 Å². The van der Waals surface area contributed by atoms with Gasteiger partial charge in [-0.2, -0.15) is 0 Å². The molecule has 4 heterocycles. The van der Waals surface area contributed by atoms with Gasteiger partial charge in [0.25, 0.3) is 0 Å². The summed E-state index contributed by atoms with van der Waals surface area (Å²) in [5.41, 5.74) is 24.5. The Bertz CT molecular complexity index is 7220. The minimum absolute atomic E-state index is 0.557. The number of furan rings is 1. The van der Waals surface area contributed by atoms with Gasteiger partial charge in [0.15, 0.2) is 34.9 Å². The molecule has 0 aliphatic heterocycles. The van der Waals surface area contributed by atoms with Gasteiger partial charge >= 0.3 is 0 Å². The lowest BCUT2D eigenvalue weighted by molar-refractivity contribution is 0.666. The molecule has 0 N–H and O–H groups in total. The van der Waals surface area contributed by atoms with Gasteiger partial charge in [-0.3, -0.25) is 0 Å². The maximum Gasteiger partial charge on any atom is 0.164 e. The van der Waals surface area contributed by atoms with Crippen molar-refractivity contribution >= 4 is 65.3 Å². The number of hydrogen-bond donors (Lipinski definition) is 0. The smallest absolute Gasteiger partial charge is 0.164 e. The van der Waals surface area contributed by atoms with Crippen LogP contribution in [0.1, 0.15) is 44.5 Å². The van der Waals surface area contributed by atoms with Crippen LogP contribution in [0.5, 0.6) is 0 Å². The minimum atomic E-state index is -0.588. The Balaban J connectivity index is 0.000000140. The van der Waals surface area contributed by atoms with Crippen LogP contribution in [0, 0.1) is 0 Å². The Hall–Kier alpha value is -15.1. The van der Waals surface area contributed by atoms with Crippen molar-refractivity contribution in [3.05, 3.63) is 451 Å². The maximum absolute atomic E-state index is 6.72. The van der Waals surface area contributed by atoms with E-state index < -0.39 is 10.8 Å². The van der Waals surface area contributed by atoms with Crippen LogP contribution in [0.4, 0.5) is 0 Å². The number of fused-ring (bicyclic) bond motifs is 15. The second-order valence-corrected chi connectivity index (χ2v) is 29.5. The number of benzene rings is 17. The van der Waals surface area contributed by atoms with Gasteiger partial charge in [0.05, 0.1) is 21.9 Å². The molecule has 0 amide bonds. The molecule has 23 rings (SSSR count). The summed E-state index contributed by atoms with van der Waals surface area (Å²) in [6.45, 7) is 0. The van der Waals surface area contributed by atoms with Crippen molar-refractivity contribution in [1.82, 2.24) is 34.5 Å². The summed E-state index contributed by atoms with van der Waals surface area (Å²) in [5, 5.41) is 9.24. The highest BCUT2D eigenvalue weighted by atomic mass is 16.3. The van der Waals surface area contributed by atoms with Crippen molar-refractivity contribution in [3.63, 3.8) is 0 Å². The van der Waals surface area contributed by atoms with Crippen molar-refractivity contribution in [3.8, 4) is 96.3 Å². The van der Waals surface area contributed by atoms with Crippen LogP contribution in [0.25, 0.3) is 162 Å². The third kappa shape index (κ3) is 10.5. The fourth-order valence-corrected chi connectivity index (χ4v) is 18.3. The number of aromatic nitrogens is 7. The van der Waals surface area contributed by atoms with Crippen LogP contribution in [0.2, 0.25) is 0 Å². The summed E-state index contributed by atoms with van der Waals surface area (Å²) >= 11 is 0. The van der Waals surface area contributed by atoms with Gasteiger partial charge in [-0.05, 0) is 155 Å². The summed E-state index contributed by atoms with van der Waals surface area (Å²) in [5.74, 6) is 3.79. The summed E-state index contributed by atoms with van der Waals surface area (Å²) in [7, 11) is 0. The van der Waals surface area contributed by atoms with Crippen molar-refractivity contribution in [2.45, 2.75) is 10.8 Å². The Morgan fingerprint density at radius 3 is 1.29 bits per heavy atom. The lowest BCUT2D eigenvalue weighted by Crippen LogP contribution is -2.28. The van der Waals surface area contributed by atoms with Crippen molar-refractivity contribution in [2.75, 3.05) is 0 Å². The summed E-state index contributed by atoms with van der Waals surface area (Å²) in [4.78, 5) is 30.4. The number of para-hydroxylation sites is 1. The predicted octanol–water partition coefficient (Wildman–Crippen LogP) is 25.8. The number of rotatable bonds is 11. The van der Waals surface area contributed by atoms with Crippen LogP contribution in [0.15, 0.2) is 411 Å². The maximum atomic E-state index is 6.72. The van der Waals surface area contributed by atoms with Crippen LogP contribution in [-0.4, -0.2) is 34.5 Å². The topological polar surface area (TPSA) is 95.4 Å². The molecular formula is C106H67N7O. The summed E-state index contributed by atoms with van der Waals surface area (Å²) in [6.07, 6.45) is 0. The first-order valence-electron chi connectivity index (χ1n) is 38.7. The van der Waals surface area contributed by atoms with E-state index in [1.165, 1.54) is 88.3 Å². The van der Waals surface area contributed by atoms with Gasteiger partial charge < -0.3 is 8.98 Å². The van der Waals surface area contributed by atoms with E-state index in [0.717, 1.165) is 82.8 Å². The second-order valence-electron chi connectivity index (χ2n) is 29.5. The molecule has 2 unspecified atom stereocenters. The average Bonchev–Trinajstić information content (AvgIpc) is 1.54. The van der Waals surface area contributed by atoms with Crippen molar-refractivity contribution in [1.29, 1.82) is 0 Å². The molecule has 0 saturated carbocycles. The standard InChI is InChI=1S/C56H36N4.C50H31N3O/c1-5-18-37(19-6-1)53-57-54(38-20-7-2-8-21-38)59-55(58-53)45-29-17-31-51-52(45)47-36-42(32-33-50(47)60(51)43-26-11-4-12-27-43)56(41-24-9-3-10-25-41)48-30-16-15-28-44(48)46-34-39-22-13-14-23-40(39)35-49(46)56;1-4-15-33(16-5-1)47-51-48(34-17-6-2-7-18-34)53-49(52-47)35-25-29-44-42(30-35)40-28-26-37(31-45(40)54-44)50(36-19-8-3-9-20-36)43-23-13-12-22-39(43)41-27-24-32-14-10-11-21-38(32)46(41)50/h1-36H;1-31H. The molecule has 0 bridgehead atoms. The van der Waals surface area contributed by atoms with Gasteiger partial charge in [0.1, 0.15) is 11.2 Å². The zero-order chi connectivity index (χ0) is 75.3. The zero-order valence-electron chi connectivity index (χ0n) is 61.7. The molecule has 0 saturated heterocycles. The first kappa shape index (κ1) is 65.9.